The van der Waals surface area contributed by atoms with Crippen molar-refractivity contribution in [2.75, 3.05) is 22.7 Å². The topological polar surface area (TPSA) is 86.7 Å². The molecule has 7 heteroatoms. The fourth-order valence-electron chi connectivity index (χ4n) is 2.97. The third-order valence-electron chi connectivity index (χ3n) is 4.22. The van der Waals surface area contributed by atoms with Crippen LogP contribution in [-0.4, -0.2) is 32.6 Å². The molecule has 1 heterocycles. The molecule has 3 rings (SSSR count). The van der Waals surface area contributed by atoms with Gasteiger partial charge in [-0.2, -0.15) is 0 Å². The number of benzene rings is 2. The molecule has 2 N–H and O–H groups in total. The molecule has 2 aromatic rings. The maximum atomic E-state index is 12.9. The Bertz CT molecular complexity index is 860. The van der Waals surface area contributed by atoms with Crippen molar-refractivity contribution in [2.24, 2.45) is 0 Å². The first-order valence-electron chi connectivity index (χ1n) is 8.17. The standard InChI is InChI=1S/C18H20N2O4S/c21-18(22)14-9-10-16(20-11-5-2-6-12-20)17(13-14)25(23,24)19-15-7-3-1-4-8-15/h1,3-4,7-10,13,19H,2,5-6,11-12H2,(H,21,22). The van der Waals surface area contributed by atoms with Crippen molar-refractivity contribution >= 4 is 27.4 Å². The van der Waals surface area contributed by atoms with Gasteiger partial charge in [0.05, 0.1) is 11.3 Å². The van der Waals surface area contributed by atoms with Gasteiger partial charge in [0.15, 0.2) is 0 Å². The highest BCUT2D eigenvalue weighted by Gasteiger charge is 2.25. The van der Waals surface area contributed by atoms with Crippen LogP contribution in [0.25, 0.3) is 0 Å². The lowest BCUT2D eigenvalue weighted by atomic mass is 10.1. The van der Waals surface area contributed by atoms with Crippen LogP contribution in [0.3, 0.4) is 0 Å². The fourth-order valence-corrected chi connectivity index (χ4v) is 4.29. The number of nitrogens with one attached hydrogen (secondary N) is 1. The summed E-state index contributed by atoms with van der Waals surface area (Å²) >= 11 is 0. The monoisotopic (exact) mass is 360 g/mol. The van der Waals surface area contributed by atoms with Gasteiger partial charge in [0.1, 0.15) is 4.90 Å². The summed E-state index contributed by atoms with van der Waals surface area (Å²) in [6, 6.07) is 12.8. The molecule has 0 aliphatic carbocycles. The lowest BCUT2D eigenvalue weighted by Crippen LogP contribution is -2.31. The van der Waals surface area contributed by atoms with E-state index in [4.69, 9.17) is 0 Å². The van der Waals surface area contributed by atoms with E-state index in [1.165, 1.54) is 12.1 Å². The molecular formula is C18H20N2O4S. The zero-order valence-corrected chi connectivity index (χ0v) is 14.5. The SMILES string of the molecule is O=C(O)c1ccc(N2CCCCC2)c(S(=O)(=O)Nc2ccccc2)c1. The minimum atomic E-state index is -3.90. The zero-order chi connectivity index (χ0) is 17.9. The maximum Gasteiger partial charge on any atom is 0.335 e. The average Bonchev–Trinajstić information content (AvgIpc) is 2.62. The largest absolute Gasteiger partial charge is 0.478 e. The molecule has 6 nitrogen and oxygen atoms in total. The van der Waals surface area contributed by atoms with Gasteiger partial charge in [-0.3, -0.25) is 4.72 Å². The molecule has 132 valence electrons. The third-order valence-corrected chi connectivity index (χ3v) is 5.63. The van der Waals surface area contributed by atoms with E-state index in [2.05, 4.69) is 4.72 Å². The van der Waals surface area contributed by atoms with E-state index in [0.29, 0.717) is 11.4 Å². The number of piperidine rings is 1. The van der Waals surface area contributed by atoms with Crippen molar-refractivity contribution in [3.05, 3.63) is 54.1 Å². The van der Waals surface area contributed by atoms with Crippen molar-refractivity contribution in [1.82, 2.24) is 0 Å². The number of hydrogen-bond acceptors (Lipinski definition) is 4. The molecule has 1 saturated heterocycles. The van der Waals surface area contributed by atoms with Crippen LogP contribution >= 0.6 is 0 Å². The van der Waals surface area contributed by atoms with Crippen LogP contribution in [0.4, 0.5) is 11.4 Å². The predicted octanol–water partition coefficient (Wildman–Crippen LogP) is 3.18. The molecule has 0 bridgehead atoms. The molecule has 0 aromatic heterocycles. The van der Waals surface area contributed by atoms with Gasteiger partial charge in [-0.15, -0.1) is 0 Å². The van der Waals surface area contributed by atoms with Gasteiger partial charge in [0.25, 0.3) is 10.0 Å². The molecule has 0 atom stereocenters. The average molecular weight is 360 g/mol. The second kappa shape index (κ2) is 7.14. The first kappa shape index (κ1) is 17.3. The van der Waals surface area contributed by atoms with Gasteiger partial charge in [-0.1, -0.05) is 18.2 Å². The minimum absolute atomic E-state index is 0.00171. The van der Waals surface area contributed by atoms with E-state index < -0.39 is 16.0 Å². The Balaban J connectivity index is 2.04. The molecule has 0 unspecified atom stereocenters. The Kier molecular flexibility index (Phi) is 4.94. The van der Waals surface area contributed by atoms with Crippen molar-refractivity contribution in [3.63, 3.8) is 0 Å². The van der Waals surface area contributed by atoms with Gasteiger partial charge >= 0.3 is 5.97 Å². The molecule has 0 amide bonds. The Labute approximate surface area is 147 Å². The van der Waals surface area contributed by atoms with Gasteiger partial charge in [0, 0.05) is 18.8 Å². The number of hydrogen-bond donors (Lipinski definition) is 2. The highest BCUT2D eigenvalue weighted by molar-refractivity contribution is 7.92. The molecule has 2 aromatic carbocycles. The van der Waals surface area contributed by atoms with E-state index in [1.54, 1.807) is 36.4 Å². The lowest BCUT2D eigenvalue weighted by Gasteiger charge is -2.30. The van der Waals surface area contributed by atoms with Crippen molar-refractivity contribution in [3.8, 4) is 0 Å². The van der Waals surface area contributed by atoms with E-state index in [-0.39, 0.29) is 10.5 Å². The summed E-state index contributed by atoms with van der Waals surface area (Å²) in [5.41, 5.74) is 0.940. The Morgan fingerprint density at radius 1 is 1.00 bits per heavy atom. The summed E-state index contributed by atoms with van der Waals surface area (Å²) < 4.78 is 28.4. The van der Waals surface area contributed by atoms with Crippen LogP contribution in [0.15, 0.2) is 53.4 Å². The number of carbonyl (C=O) groups is 1. The number of para-hydroxylation sites is 1. The Morgan fingerprint density at radius 2 is 1.68 bits per heavy atom. The molecule has 0 saturated carbocycles. The molecule has 0 radical (unpaired) electrons. The summed E-state index contributed by atoms with van der Waals surface area (Å²) in [4.78, 5) is 13.3. The van der Waals surface area contributed by atoms with Crippen molar-refractivity contribution in [2.45, 2.75) is 24.2 Å². The third kappa shape index (κ3) is 3.93. The van der Waals surface area contributed by atoms with Crippen LogP contribution in [-0.2, 0) is 10.0 Å². The van der Waals surface area contributed by atoms with Crippen LogP contribution in [0.5, 0.6) is 0 Å². The van der Waals surface area contributed by atoms with Gasteiger partial charge < -0.3 is 10.0 Å². The minimum Gasteiger partial charge on any atom is -0.478 e. The number of nitrogens with zero attached hydrogens (tertiary/aromatic N) is 1. The predicted molar refractivity (Wildman–Crippen MR) is 96.7 cm³/mol. The van der Waals surface area contributed by atoms with Gasteiger partial charge in [0.2, 0.25) is 0 Å². The zero-order valence-electron chi connectivity index (χ0n) is 13.7. The molecule has 1 aliphatic heterocycles. The quantitative estimate of drug-likeness (QED) is 0.855. The molecule has 1 aliphatic rings. The van der Waals surface area contributed by atoms with E-state index in [1.807, 2.05) is 4.90 Å². The molecule has 0 spiro atoms. The summed E-state index contributed by atoms with van der Waals surface area (Å²) in [7, 11) is -3.90. The van der Waals surface area contributed by atoms with Gasteiger partial charge in [-0.25, -0.2) is 13.2 Å². The van der Waals surface area contributed by atoms with Crippen molar-refractivity contribution < 1.29 is 18.3 Å². The fraction of sp³-hybridized carbons (Fsp3) is 0.278. The molecular weight excluding hydrogens is 340 g/mol. The number of anilines is 2. The first-order valence-corrected chi connectivity index (χ1v) is 9.66. The summed E-state index contributed by atoms with van der Waals surface area (Å²) in [5, 5.41) is 9.24. The Morgan fingerprint density at radius 3 is 2.32 bits per heavy atom. The number of sulfonamides is 1. The van der Waals surface area contributed by atoms with Crippen LogP contribution in [0, 0.1) is 0 Å². The van der Waals surface area contributed by atoms with E-state index in [9.17, 15) is 18.3 Å². The normalized spacial score (nSPS) is 15.0. The number of carboxylic acids is 1. The van der Waals surface area contributed by atoms with Gasteiger partial charge in [-0.05, 0) is 49.6 Å². The van der Waals surface area contributed by atoms with E-state index >= 15 is 0 Å². The second-order valence-corrected chi connectivity index (χ2v) is 7.66. The number of carboxylic acid groups (broad SMARTS) is 1. The smallest absolute Gasteiger partial charge is 0.335 e. The summed E-state index contributed by atoms with van der Waals surface area (Å²) in [6.45, 7) is 1.53. The lowest BCUT2D eigenvalue weighted by molar-refractivity contribution is 0.0696. The second-order valence-electron chi connectivity index (χ2n) is 6.01. The van der Waals surface area contributed by atoms with E-state index in [0.717, 1.165) is 32.4 Å². The van der Waals surface area contributed by atoms with Crippen LogP contribution in [0.2, 0.25) is 0 Å². The number of rotatable bonds is 5. The highest BCUT2D eigenvalue weighted by atomic mass is 32.2. The Hall–Kier alpha value is -2.54. The molecule has 25 heavy (non-hydrogen) atoms. The first-order chi connectivity index (χ1) is 12.0. The highest BCUT2D eigenvalue weighted by Crippen LogP contribution is 2.30. The van der Waals surface area contributed by atoms with Crippen LogP contribution in [0.1, 0.15) is 29.6 Å². The van der Waals surface area contributed by atoms with Crippen molar-refractivity contribution in [1.29, 1.82) is 0 Å². The summed E-state index contributed by atoms with van der Waals surface area (Å²) in [6.07, 6.45) is 3.10. The number of aromatic carboxylic acids is 1. The summed E-state index contributed by atoms with van der Waals surface area (Å²) in [5.74, 6) is -1.15. The van der Waals surface area contributed by atoms with Crippen LogP contribution < -0.4 is 9.62 Å². The molecule has 1 fully saturated rings. The maximum absolute atomic E-state index is 12.9.